The maximum absolute atomic E-state index is 13.8. The second kappa shape index (κ2) is 9.61. The van der Waals surface area contributed by atoms with Crippen LogP contribution in [0.2, 0.25) is 0 Å². The van der Waals surface area contributed by atoms with Crippen LogP contribution in [0.25, 0.3) is 0 Å². The quantitative estimate of drug-likeness (QED) is 0.306. The highest BCUT2D eigenvalue weighted by atomic mass is 19.1. The van der Waals surface area contributed by atoms with Gasteiger partial charge in [-0.2, -0.15) is 4.39 Å². The summed E-state index contributed by atoms with van der Waals surface area (Å²) in [6.45, 7) is 2.58. The van der Waals surface area contributed by atoms with Crippen molar-refractivity contribution in [3.8, 4) is 11.5 Å². The Bertz CT molecular complexity index is 1110. The van der Waals surface area contributed by atoms with Gasteiger partial charge in [-0.25, -0.2) is 9.97 Å². The van der Waals surface area contributed by atoms with Crippen molar-refractivity contribution in [2.75, 3.05) is 19.0 Å². The van der Waals surface area contributed by atoms with Crippen LogP contribution in [0.4, 0.5) is 21.7 Å². The minimum atomic E-state index is -1.04. The predicted octanol–water partition coefficient (Wildman–Crippen LogP) is 4.30. The van der Waals surface area contributed by atoms with E-state index in [0.717, 1.165) is 18.6 Å². The average Bonchev–Trinajstić information content (AvgIpc) is 2.78. The molecular weight excluding hydrogens is 407 g/mol. The van der Waals surface area contributed by atoms with E-state index in [1.165, 1.54) is 19.4 Å². The maximum atomic E-state index is 13.8. The van der Waals surface area contributed by atoms with Gasteiger partial charge in [0.15, 0.2) is 0 Å². The molecule has 2 aromatic carbocycles. The molecule has 0 saturated heterocycles. The van der Waals surface area contributed by atoms with Crippen molar-refractivity contribution in [2.24, 2.45) is 0 Å². The number of aromatic nitrogens is 2. The number of benzene rings is 2. The van der Waals surface area contributed by atoms with Gasteiger partial charge in [0.25, 0.3) is 0 Å². The molecule has 0 unspecified atom stereocenters. The zero-order chi connectivity index (χ0) is 22.4. The van der Waals surface area contributed by atoms with Gasteiger partial charge in [0.2, 0.25) is 17.5 Å². The normalized spacial score (nSPS) is 10.4. The summed E-state index contributed by atoms with van der Waals surface area (Å²) in [5.41, 5.74) is -0.141. The van der Waals surface area contributed by atoms with Gasteiger partial charge < -0.3 is 14.8 Å². The summed E-state index contributed by atoms with van der Waals surface area (Å²) in [7, 11) is 1.29. The molecule has 3 aromatic rings. The summed E-state index contributed by atoms with van der Waals surface area (Å²) in [5.74, 6) is -0.708. The first-order chi connectivity index (χ1) is 14.9. The van der Waals surface area contributed by atoms with Gasteiger partial charge in [0.1, 0.15) is 17.2 Å². The molecule has 10 heteroatoms. The van der Waals surface area contributed by atoms with Crippen LogP contribution in [0.15, 0.2) is 48.7 Å². The lowest BCUT2D eigenvalue weighted by Gasteiger charge is -2.11. The molecule has 1 N–H and O–H groups in total. The van der Waals surface area contributed by atoms with Crippen molar-refractivity contribution < 1.29 is 23.6 Å². The molecule has 1 aromatic heterocycles. The standard InChI is InChI=1S/C21H19FN4O5/c1-3-10-31-14-6-4-13(5-7-14)20(27)16-8-9-23-21(24-16)25-17-12-18(26(28)29)15(22)11-19(17)30-2/h4-9,11-12H,3,10H2,1-2H3,(H,23,24,25). The first kappa shape index (κ1) is 21.6. The molecule has 0 bridgehead atoms. The number of nitrogens with one attached hydrogen (secondary N) is 1. The predicted molar refractivity (Wildman–Crippen MR) is 111 cm³/mol. The highest BCUT2D eigenvalue weighted by molar-refractivity contribution is 6.07. The summed E-state index contributed by atoms with van der Waals surface area (Å²) >= 11 is 0. The largest absolute Gasteiger partial charge is 0.494 e. The minimum Gasteiger partial charge on any atom is -0.494 e. The van der Waals surface area contributed by atoms with E-state index < -0.39 is 16.4 Å². The van der Waals surface area contributed by atoms with Gasteiger partial charge in [-0.15, -0.1) is 0 Å². The molecule has 31 heavy (non-hydrogen) atoms. The number of hydrogen-bond acceptors (Lipinski definition) is 8. The van der Waals surface area contributed by atoms with Crippen LogP contribution < -0.4 is 14.8 Å². The first-order valence-corrected chi connectivity index (χ1v) is 9.32. The number of nitro benzene ring substituents is 1. The molecule has 0 radical (unpaired) electrons. The van der Waals surface area contributed by atoms with E-state index in [4.69, 9.17) is 9.47 Å². The van der Waals surface area contributed by atoms with Gasteiger partial charge in [-0.1, -0.05) is 6.92 Å². The van der Waals surface area contributed by atoms with Crippen molar-refractivity contribution in [3.63, 3.8) is 0 Å². The number of anilines is 2. The van der Waals surface area contributed by atoms with Crippen LogP contribution in [0, 0.1) is 15.9 Å². The van der Waals surface area contributed by atoms with E-state index in [9.17, 15) is 19.3 Å². The fourth-order valence-corrected chi connectivity index (χ4v) is 2.69. The van der Waals surface area contributed by atoms with Crippen molar-refractivity contribution >= 4 is 23.1 Å². The molecule has 0 aliphatic carbocycles. The third kappa shape index (κ3) is 5.10. The van der Waals surface area contributed by atoms with Crippen molar-refractivity contribution in [1.82, 2.24) is 9.97 Å². The van der Waals surface area contributed by atoms with Crippen LogP contribution >= 0.6 is 0 Å². The van der Waals surface area contributed by atoms with E-state index in [2.05, 4.69) is 15.3 Å². The summed E-state index contributed by atoms with van der Waals surface area (Å²) in [6, 6.07) is 9.97. The minimum absolute atomic E-state index is 0.00652. The Labute approximate surface area is 177 Å². The van der Waals surface area contributed by atoms with E-state index >= 15 is 0 Å². The second-order valence-electron chi connectivity index (χ2n) is 6.35. The number of carbonyl (C=O) groups is 1. The van der Waals surface area contributed by atoms with Crippen LogP contribution in [-0.4, -0.2) is 34.4 Å². The second-order valence-corrected chi connectivity index (χ2v) is 6.35. The summed E-state index contributed by atoms with van der Waals surface area (Å²) in [5, 5.41) is 13.8. The number of carbonyl (C=O) groups excluding carboxylic acids is 1. The molecule has 0 aliphatic rings. The van der Waals surface area contributed by atoms with Gasteiger partial charge in [-0.3, -0.25) is 14.9 Å². The highest BCUT2D eigenvalue weighted by Crippen LogP contribution is 2.33. The van der Waals surface area contributed by atoms with Gasteiger partial charge in [-0.05, 0) is 36.8 Å². The zero-order valence-corrected chi connectivity index (χ0v) is 16.8. The Balaban J connectivity index is 1.84. The van der Waals surface area contributed by atoms with Crippen LogP contribution in [0.3, 0.4) is 0 Å². The smallest absolute Gasteiger partial charge is 0.307 e. The van der Waals surface area contributed by atoms with Crippen LogP contribution in [0.1, 0.15) is 29.4 Å². The average molecular weight is 426 g/mol. The molecule has 0 aliphatic heterocycles. The lowest BCUT2D eigenvalue weighted by molar-refractivity contribution is -0.387. The Kier molecular flexibility index (Phi) is 6.71. The molecule has 0 spiro atoms. The van der Waals surface area contributed by atoms with Gasteiger partial charge in [0.05, 0.1) is 24.3 Å². The van der Waals surface area contributed by atoms with E-state index in [1.807, 2.05) is 6.92 Å². The third-order valence-corrected chi connectivity index (χ3v) is 4.19. The summed E-state index contributed by atoms with van der Waals surface area (Å²) in [4.78, 5) is 31.1. The lowest BCUT2D eigenvalue weighted by atomic mass is 10.1. The number of halogens is 1. The lowest BCUT2D eigenvalue weighted by Crippen LogP contribution is -2.08. The van der Waals surface area contributed by atoms with E-state index in [-0.39, 0.29) is 28.9 Å². The number of ketones is 1. The molecule has 0 atom stereocenters. The highest BCUT2D eigenvalue weighted by Gasteiger charge is 2.20. The Morgan fingerprint density at radius 3 is 2.61 bits per heavy atom. The van der Waals surface area contributed by atoms with E-state index in [1.54, 1.807) is 24.3 Å². The number of nitro groups is 1. The molecule has 9 nitrogen and oxygen atoms in total. The topological polar surface area (TPSA) is 116 Å². The monoisotopic (exact) mass is 426 g/mol. The molecule has 0 amide bonds. The number of rotatable bonds is 9. The third-order valence-electron chi connectivity index (χ3n) is 4.19. The Morgan fingerprint density at radius 1 is 1.23 bits per heavy atom. The maximum Gasteiger partial charge on any atom is 0.307 e. The van der Waals surface area contributed by atoms with Gasteiger partial charge >= 0.3 is 5.69 Å². The van der Waals surface area contributed by atoms with Gasteiger partial charge in [0, 0.05) is 23.9 Å². The fraction of sp³-hybridized carbons (Fsp3) is 0.190. The summed E-state index contributed by atoms with van der Waals surface area (Å²) in [6.07, 6.45) is 2.24. The summed E-state index contributed by atoms with van der Waals surface area (Å²) < 4.78 is 24.4. The SMILES string of the molecule is CCCOc1ccc(C(=O)c2ccnc(Nc3cc([N+](=O)[O-])c(F)cc3OC)n2)cc1. The van der Waals surface area contributed by atoms with Crippen molar-refractivity contribution in [2.45, 2.75) is 13.3 Å². The van der Waals surface area contributed by atoms with Crippen molar-refractivity contribution in [3.05, 3.63) is 75.9 Å². The number of ether oxygens (including phenoxy) is 2. The van der Waals surface area contributed by atoms with Crippen LogP contribution in [0.5, 0.6) is 11.5 Å². The zero-order valence-electron chi connectivity index (χ0n) is 16.8. The number of hydrogen-bond donors (Lipinski definition) is 1. The molecule has 0 saturated carbocycles. The van der Waals surface area contributed by atoms with E-state index in [0.29, 0.717) is 17.9 Å². The molecule has 0 fully saturated rings. The number of nitrogens with zero attached hydrogens (tertiary/aromatic N) is 3. The first-order valence-electron chi connectivity index (χ1n) is 9.32. The fourth-order valence-electron chi connectivity index (χ4n) is 2.69. The van der Waals surface area contributed by atoms with Crippen LogP contribution in [-0.2, 0) is 0 Å². The number of methoxy groups -OCH3 is 1. The van der Waals surface area contributed by atoms with Crippen molar-refractivity contribution in [1.29, 1.82) is 0 Å². The molecule has 1 heterocycles. The molecule has 160 valence electrons. The Hall–Kier alpha value is -4.08. The molecule has 3 rings (SSSR count). The molecular formula is C21H19FN4O5. The Morgan fingerprint density at radius 2 is 1.97 bits per heavy atom.